The van der Waals surface area contributed by atoms with Crippen LogP contribution < -0.4 is 0 Å². The van der Waals surface area contributed by atoms with Crippen LogP contribution in [0.15, 0.2) is 12.2 Å². The summed E-state index contributed by atoms with van der Waals surface area (Å²) < 4.78 is 5.68. The van der Waals surface area contributed by atoms with Crippen molar-refractivity contribution in [2.75, 3.05) is 6.54 Å². The number of amides is 2. The molecule has 2 fully saturated rings. The van der Waals surface area contributed by atoms with Gasteiger partial charge in [-0.25, -0.2) is 0 Å². The lowest BCUT2D eigenvalue weighted by Crippen LogP contribution is -2.38. The van der Waals surface area contributed by atoms with E-state index in [-0.39, 0.29) is 29.8 Å². The van der Waals surface area contributed by atoms with E-state index in [4.69, 9.17) is 4.74 Å². The SMILES string of the molecule is CCN1C(=O)C2C3C=CC(C)(O3)C2C1=O. The van der Waals surface area contributed by atoms with Gasteiger partial charge in [0.2, 0.25) is 11.8 Å². The summed E-state index contributed by atoms with van der Waals surface area (Å²) in [5.41, 5.74) is -0.550. The van der Waals surface area contributed by atoms with Gasteiger partial charge >= 0.3 is 0 Å². The van der Waals surface area contributed by atoms with Crippen molar-refractivity contribution in [3.63, 3.8) is 0 Å². The fourth-order valence-electron chi connectivity index (χ4n) is 3.02. The second-order valence-electron chi connectivity index (χ2n) is 4.55. The first kappa shape index (κ1) is 9.09. The maximum Gasteiger partial charge on any atom is 0.236 e. The molecule has 2 amide bonds. The second-order valence-corrected chi connectivity index (χ2v) is 4.55. The van der Waals surface area contributed by atoms with Crippen molar-refractivity contribution < 1.29 is 14.3 Å². The Bertz CT molecular complexity index is 389. The van der Waals surface area contributed by atoms with Crippen LogP contribution in [0.2, 0.25) is 0 Å². The zero-order valence-electron chi connectivity index (χ0n) is 8.77. The van der Waals surface area contributed by atoms with Crippen molar-refractivity contribution in [2.45, 2.75) is 25.6 Å². The largest absolute Gasteiger partial charge is 0.362 e. The number of ether oxygens (including phenoxy) is 1. The van der Waals surface area contributed by atoms with Gasteiger partial charge in [0, 0.05) is 6.54 Å². The van der Waals surface area contributed by atoms with Gasteiger partial charge in [-0.2, -0.15) is 0 Å². The molecule has 0 spiro atoms. The monoisotopic (exact) mass is 207 g/mol. The van der Waals surface area contributed by atoms with E-state index in [2.05, 4.69) is 0 Å². The van der Waals surface area contributed by atoms with Gasteiger partial charge in [0.1, 0.15) is 0 Å². The predicted molar refractivity (Wildman–Crippen MR) is 51.8 cm³/mol. The molecule has 2 bridgehead atoms. The summed E-state index contributed by atoms with van der Waals surface area (Å²) in [5, 5.41) is 0. The fraction of sp³-hybridized carbons (Fsp3) is 0.636. The van der Waals surface area contributed by atoms with E-state index in [1.807, 2.05) is 26.0 Å². The van der Waals surface area contributed by atoms with Crippen molar-refractivity contribution in [2.24, 2.45) is 11.8 Å². The molecular weight excluding hydrogens is 194 g/mol. The molecule has 2 saturated heterocycles. The van der Waals surface area contributed by atoms with E-state index in [0.717, 1.165) is 0 Å². The normalized spacial score (nSPS) is 46.8. The summed E-state index contributed by atoms with van der Waals surface area (Å²) in [6.07, 6.45) is 3.64. The van der Waals surface area contributed by atoms with Gasteiger partial charge < -0.3 is 4.74 Å². The van der Waals surface area contributed by atoms with Gasteiger partial charge in [0.15, 0.2) is 0 Å². The molecule has 4 atom stereocenters. The number of nitrogens with zero attached hydrogens (tertiary/aromatic N) is 1. The predicted octanol–water partition coefficient (Wildman–Crippen LogP) is 0.335. The molecule has 3 heterocycles. The Hall–Kier alpha value is -1.16. The lowest BCUT2D eigenvalue weighted by Gasteiger charge is -2.23. The van der Waals surface area contributed by atoms with E-state index in [1.165, 1.54) is 4.90 Å². The maximum absolute atomic E-state index is 12.0. The number of carbonyl (C=O) groups is 2. The molecule has 0 aromatic rings. The van der Waals surface area contributed by atoms with E-state index in [9.17, 15) is 9.59 Å². The van der Waals surface area contributed by atoms with Crippen LogP contribution in [0, 0.1) is 11.8 Å². The van der Waals surface area contributed by atoms with E-state index < -0.39 is 5.60 Å². The van der Waals surface area contributed by atoms with Crippen molar-refractivity contribution in [3.05, 3.63) is 12.2 Å². The number of likely N-dealkylation sites (tertiary alicyclic amines) is 1. The van der Waals surface area contributed by atoms with Gasteiger partial charge in [0.05, 0.1) is 23.5 Å². The first-order valence-corrected chi connectivity index (χ1v) is 5.31. The van der Waals surface area contributed by atoms with Crippen LogP contribution in [-0.4, -0.2) is 35.0 Å². The van der Waals surface area contributed by atoms with E-state index >= 15 is 0 Å². The molecule has 4 heteroatoms. The minimum atomic E-state index is -0.550. The third-order valence-corrected chi connectivity index (χ3v) is 3.74. The van der Waals surface area contributed by atoms with Crippen LogP contribution in [-0.2, 0) is 14.3 Å². The van der Waals surface area contributed by atoms with Gasteiger partial charge in [-0.15, -0.1) is 0 Å². The van der Waals surface area contributed by atoms with E-state index in [1.54, 1.807) is 0 Å². The molecular formula is C11H13NO3. The van der Waals surface area contributed by atoms with Crippen LogP contribution in [0.5, 0.6) is 0 Å². The molecule has 0 aromatic carbocycles. The summed E-state index contributed by atoms with van der Waals surface area (Å²) in [5.74, 6) is -0.695. The minimum Gasteiger partial charge on any atom is -0.362 e. The lowest BCUT2D eigenvalue weighted by molar-refractivity contribution is -0.143. The maximum atomic E-state index is 12.0. The molecule has 0 saturated carbocycles. The van der Waals surface area contributed by atoms with Crippen LogP contribution in [0.4, 0.5) is 0 Å². The molecule has 15 heavy (non-hydrogen) atoms. The molecule has 4 nitrogen and oxygen atoms in total. The Balaban J connectivity index is 2.07. The standard InChI is InChI=1S/C11H13NO3/c1-3-12-9(13)7-6-4-5-11(2,15-6)8(7)10(12)14/h4-8H,3H2,1-2H3. The first-order chi connectivity index (χ1) is 7.08. The average molecular weight is 207 g/mol. The van der Waals surface area contributed by atoms with Crippen molar-refractivity contribution in [3.8, 4) is 0 Å². The van der Waals surface area contributed by atoms with Gasteiger partial charge in [-0.05, 0) is 13.8 Å². The van der Waals surface area contributed by atoms with Crippen molar-refractivity contribution in [1.29, 1.82) is 0 Å². The highest BCUT2D eigenvalue weighted by atomic mass is 16.5. The third kappa shape index (κ3) is 0.862. The molecule has 0 N–H and O–H groups in total. The molecule has 3 rings (SSSR count). The summed E-state index contributed by atoms with van der Waals surface area (Å²) in [4.78, 5) is 25.3. The van der Waals surface area contributed by atoms with Crippen LogP contribution in [0.25, 0.3) is 0 Å². The molecule has 3 aliphatic heterocycles. The summed E-state index contributed by atoms with van der Waals surface area (Å²) in [7, 11) is 0. The summed E-state index contributed by atoms with van der Waals surface area (Å²) in [6.45, 7) is 4.18. The Morgan fingerprint density at radius 3 is 2.80 bits per heavy atom. The van der Waals surface area contributed by atoms with Crippen molar-refractivity contribution in [1.82, 2.24) is 4.90 Å². The number of imide groups is 1. The number of hydrogen-bond donors (Lipinski definition) is 0. The second kappa shape index (κ2) is 2.50. The highest BCUT2D eigenvalue weighted by Crippen LogP contribution is 2.51. The molecule has 0 aliphatic carbocycles. The summed E-state index contributed by atoms with van der Waals surface area (Å²) in [6, 6.07) is 0. The molecule has 3 aliphatic rings. The highest BCUT2D eigenvalue weighted by molar-refractivity contribution is 6.07. The smallest absolute Gasteiger partial charge is 0.236 e. The number of fused-ring (bicyclic) bond motifs is 5. The third-order valence-electron chi connectivity index (χ3n) is 3.74. The van der Waals surface area contributed by atoms with Crippen LogP contribution in [0.1, 0.15) is 13.8 Å². The summed E-state index contributed by atoms with van der Waals surface area (Å²) >= 11 is 0. The van der Waals surface area contributed by atoms with Crippen LogP contribution in [0.3, 0.4) is 0 Å². The zero-order chi connectivity index (χ0) is 10.8. The van der Waals surface area contributed by atoms with Crippen LogP contribution >= 0.6 is 0 Å². The minimum absolute atomic E-state index is 0.0643. The van der Waals surface area contributed by atoms with Gasteiger partial charge in [0.25, 0.3) is 0 Å². The quantitative estimate of drug-likeness (QED) is 0.460. The average Bonchev–Trinajstić information content (AvgIpc) is 2.77. The number of carbonyl (C=O) groups excluding carboxylic acids is 2. The van der Waals surface area contributed by atoms with E-state index in [0.29, 0.717) is 6.54 Å². The fourth-order valence-corrected chi connectivity index (χ4v) is 3.02. The molecule has 80 valence electrons. The Labute approximate surface area is 87.9 Å². The Morgan fingerprint density at radius 1 is 1.47 bits per heavy atom. The Morgan fingerprint density at radius 2 is 2.20 bits per heavy atom. The van der Waals surface area contributed by atoms with Gasteiger partial charge in [-0.1, -0.05) is 12.2 Å². The molecule has 4 unspecified atom stereocenters. The topological polar surface area (TPSA) is 46.6 Å². The Kier molecular flexibility index (Phi) is 1.51. The number of rotatable bonds is 1. The first-order valence-electron chi connectivity index (χ1n) is 5.31. The lowest BCUT2D eigenvalue weighted by atomic mass is 9.78. The van der Waals surface area contributed by atoms with Crippen molar-refractivity contribution >= 4 is 11.8 Å². The zero-order valence-corrected chi connectivity index (χ0v) is 8.77. The molecule has 0 aromatic heterocycles. The van der Waals surface area contributed by atoms with Gasteiger partial charge in [-0.3, -0.25) is 14.5 Å². The number of hydrogen-bond acceptors (Lipinski definition) is 3. The molecule has 0 radical (unpaired) electrons. The highest BCUT2D eigenvalue weighted by Gasteiger charge is 2.65.